The molecule has 202 valence electrons. The van der Waals surface area contributed by atoms with Crippen LogP contribution in [0, 0.1) is 5.92 Å². The van der Waals surface area contributed by atoms with E-state index in [2.05, 4.69) is 44.8 Å². The fraction of sp³-hybridized carbons (Fsp3) is 0.433. The van der Waals surface area contributed by atoms with Crippen molar-refractivity contribution in [1.29, 1.82) is 0 Å². The number of likely N-dealkylation sites (tertiary alicyclic amines) is 1. The van der Waals surface area contributed by atoms with Crippen LogP contribution in [-0.4, -0.2) is 60.0 Å². The molecule has 2 heterocycles. The fourth-order valence-corrected chi connectivity index (χ4v) is 5.04. The van der Waals surface area contributed by atoms with Crippen LogP contribution in [0.3, 0.4) is 0 Å². The van der Waals surface area contributed by atoms with Crippen molar-refractivity contribution >= 4 is 28.7 Å². The van der Waals surface area contributed by atoms with E-state index in [1.165, 1.54) is 5.56 Å². The monoisotopic (exact) mass is 518 g/mol. The minimum atomic E-state index is -0.893. The molecule has 8 heteroatoms. The first-order chi connectivity index (χ1) is 18.5. The number of carbonyl (C=O) groups is 3. The van der Waals surface area contributed by atoms with Crippen LogP contribution in [0.2, 0.25) is 0 Å². The highest BCUT2D eigenvalue weighted by Gasteiger charge is 2.25. The number of carbonyl (C=O) groups excluding carboxylic acids is 3. The van der Waals surface area contributed by atoms with Crippen LogP contribution in [0.1, 0.15) is 54.9 Å². The first-order valence-electron chi connectivity index (χ1n) is 13.6. The number of amides is 2. The number of H-pyrrole nitrogens is 1. The lowest BCUT2D eigenvalue weighted by atomic mass is 9.93. The third-order valence-corrected chi connectivity index (χ3v) is 7.20. The van der Waals surface area contributed by atoms with Gasteiger partial charge in [-0.3, -0.25) is 14.5 Å². The summed E-state index contributed by atoms with van der Waals surface area (Å²) in [7, 11) is 0. The van der Waals surface area contributed by atoms with Gasteiger partial charge in [0.2, 0.25) is 5.91 Å². The summed E-state index contributed by atoms with van der Waals surface area (Å²) in [5.74, 6) is -0.428. The predicted molar refractivity (Wildman–Crippen MR) is 147 cm³/mol. The Hall–Kier alpha value is -3.65. The molecule has 1 aromatic heterocycles. The molecule has 3 aromatic rings. The second-order valence-electron chi connectivity index (χ2n) is 9.91. The number of nitrogens with zero attached hydrogens (tertiary/aromatic N) is 1. The van der Waals surface area contributed by atoms with Gasteiger partial charge in [0.05, 0.1) is 12.2 Å². The highest BCUT2D eigenvalue weighted by Crippen LogP contribution is 2.22. The van der Waals surface area contributed by atoms with Crippen molar-refractivity contribution < 1.29 is 19.1 Å². The van der Waals surface area contributed by atoms with E-state index in [1.807, 2.05) is 30.3 Å². The van der Waals surface area contributed by atoms with Crippen LogP contribution in [0.5, 0.6) is 0 Å². The number of fused-ring (bicyclic) bond motifs is 1. The van der Waals surface area contributed by atoms with Gasteiger partial charge in [-0.15, -0.1) is 0 Å². The number of ether oxygens (including phenoxy) is 1. The van der Waals surface area contributed by atoms with Gasteiger partial charge in [-0.05, 0) is 63.2 Å². The van der Waals surface area contributed by atoms with Gasteiger partial charge in [0.1, 0.15) is 6.04 Å². The van der Waals surface area contributed by atoms with Gasteiger partial charge in [0.15, 0.2) is 0 Å². The number of piperidine rings is 1. The second-order valence-corrected chi connectivity index (χ2v) is 9.91. The summed E-state index contributed by atoms with van der Waals surface area (Å²) in [5, 5.41) is 6.53. The fourth-order valence-electron chi connectivity index (χ4n) is 5.04. The van der Waals surface area contributed by atoms with Crippen molar-refractivity contribution in [2.24, 2.45) is 5.92 Å². The van der Waals surface area contributed by atoms with Crippen molar-refractivity contribution in [3.05, 3.63) is 71.9 Å². The van der Waals surface area contributed by atoms with Gasteiger partial charge in [0, 0.05) is 36.6 Å². The minimum absolute atomic E-state index is 0.123. The summed E-state index contributed by atoms with van der Waals surface area (Å²) < 4.78 is 5.15. The highest BCUT2D eigenvalue weighted by atomic mass is 16.5. The maximum Gasteiger partial charge on any atom is 0.328 e. The van der Waals surface area contributed by atoms with E-state index in [0.29, 0.717) is 18.0 Å². The Balaban J connectivity index is 1.19. The molecule has 0 saturated carbocycles. The Bertz CT molecular complexity index is 1200. The van der Waals surface area contributed by atoms with Crippen molar-refractivity contribution in [2.45, 2.75) is 51.6 Å². The van der Waals surface area contributed by atoms with Gasteiger partial charge in [-0.2, -0.15) is 0 Å². The van der Waals surface area contributed by atoms with Crippen molar-refractivity contribution in [1.82, 2.24) is 20.5 Å². The van der Waals surface area contributed by atoms with E-state index >= 15 is 0 Å². The minimum Gasteiger partial charge on any atom is -0.464 e. The van der Waals surface area contributed by atoms with E-state index in [1.54, 1.807) is 13.1 Å². The largest absolute Gasteiger partial charge is 0.464 e. The molecule has 1 saturated heterocycles. The molecular weight excluding hydrogens is 480 g/mol. The SMILES string of the molecule is CCOC(=O)[C@H](CCC(=O)NCCC1CCN(Cc2ccccc2)CC1)NC(=O)c1c[nH]c2ccccc12. The first-order valence-corrected chi connectivity index (χ1v) is 13.6. The standard InChI is InChI=1S/C30H38N4O4/c1-2-38-30(37)27(33-29(36)25-20-32-26-11-7-6-10-24(25)26)12-13-28(35)31-17-14-22-15-18-34(19-16-22)21-23-8-4-3-5-9-23/h3-11,20,22,27,32H,2,12-19,21H2,1H3,(H,31,35)(H,33,36)/t27-/m0/s1. The van der Waals surface area contributed by atoms with Crippen LogP contribution < -0.4 is 10.6 Å². The number of esters is 1. The number of aromatic amines is 1. The van der Waals surface area contributed by atoms with Gasteiger partial charge in [-0.1, -0.05) is 48.5 Å². The molecule has 0 bridgehead atoms. The number of hydrogen-bond donors (Lipinski definition) is 3. The van der Waals surface area contributed by atoms with Gasteiger partial charge >= 0.3 is 5.97 Å². The predicted octanol–water partition coefficient (Wildman–Crippen LogP) is 4.03. The first kappa shape index (κ1) is 27.4. The zero-order valence-corrected chi connectivity index (χ0v) is 22.1. The maximum atomic E-state index is 12.9. The molecular formula is C30H38N4O4. The van der Waals surface area contributed by atoms with Gasteiger partial charge in [-0.25, -0.2) is 4.79 Å². The Labute approximate surface area is 224 Å². The molecule has 1 atom stereocenters. The van der Waals surface area contributed by atoms with Crippen LogP contribution in [0.15, 0.2) is 60.8 Å². The summed E-state index contributed by atoms with van der Waals surface area (Å²) in [6, 6.07) is 17.1. The molecule has 0 spiro atoms. The number of rotatable bonds is 12. The smallest absolute Gasteiger partial charge is 0.328 e. The maximum absolute atomic E-state index is 12.9. The van der Waals surface area contributed by atoms with Crippen molar-refractivity contribution in [3.8, 4) is 0 Å². The number of para-hydroxylation sites is 1. The lowest BCUT2D eigenvalue weighted by Crippen LogP contribution is -2.42. The highest BCUT2D eigenvalue weighted by molar-refractivity contribution is 6.07. The third kappa shape index (κ3) is 7.68. The molecule has 38 heavy (non-hydrogen) atoms. The molecule has 3 N–H and O–H groups in total. The number of benzene rings is 2. The van der Waals surface area contributed by atoms with Gasteiger partial charge < -0.3 is 20.4 Å². The molecule has 1 aliphatic rings. The topological polar surface area (TPSA) is 104 Å². The quantitative estimate of drug-likeness (QED) is 0.314. The molecule has 0 unspecified atom stereocenters. The summed E-state index contributed by atoms with van der Waals surface area (Å²) in [4.78, 5) is 43.5. The lowest BCUT2D eigenvalue weighted by molar-refractivity contribution is -0.145. The van der Waals surface area contributed by atoms with Crippen LogP contribution in [0.25, 0.3) is 10.9 Å². The normalized spacial score (nSPS) is 15.2. The average molecular weight is 519 g/mol. The van der Waals surface area contributed by atoms with Crippen LogP contribution >= 0.6 is 0 Å². The van der Waals surface area contributed by atoms with Crippen LogP contribution in [-0.2, 0) is 20.9 Å². The summed E-state index contributed by atoms with van der Waals surface area (Å²) in [6.45, 7) is 5.68. The molecule has 1 fully saturated rings. The molecule has 1 aliphatic heterocycles. The third-order valence-electron chi connectivity index (χ3n) is 7.20. The van der Waals surface area contributed by atoms with Gasteiger partial charge in [0.25, 0.3) is 5.91 Å². The van der Waals surface area contributed by atoms with Crippen LogP contribution in [0.4, 0.5) is 0 Å². The number of aromatic nitrogens is 1. The zero-order chi connectivity index (χ0) is 26.7. The van der Waals surface area contributed by atoms with Crippen molar-refractivity contribution in [3.63, 3.8) is 0 Å². The Morgan fingerprint density at radius 3 is 2.55 bits per heavy atom. The lowest BCUT2D eigenvalue weighted by Gasteiger charge is -2.32. The Kier molecular flexibility index (Phi) is 9.92. The van der Waals surface area contributed by atoms with Crippen molar-refractivity contribution in [2.75, 3.05) is 26.2 Å². The summed E-state index contributed by atoms with van der Waals surface area (Å²) >= 11 is 0. The molecule has 2 amide bonds. The molecule has 2 aromatic carbocycles. The molecule has 8 nitrogen and oxygen atoms in total. The van der Waals surface area contributed by atoms with E-state index in [-0.39, 0.29) is 31.3 Å². The zero-order valence-electron chi connectivity index (χ0n) is 22.1. The van der Waals surface area contributed by atoms with E-state index in [0.717, 1.165) is 49.8 Å². The molecule has 0 aliphatic carbocycles. The Morgan fingerprint density at radius 1 is 1.05 bits per heavy atom. The van der Waals surface area contributed by atoms with E-state index < -0.39 is 12.0 Å². The second kappa shape index (κ2) is 13.8. The Morgan fingerprint density at radius 2 is 1.79 bits per heavy atom. The van der Waals surface area contributed by atoms with E-state index in [9.17, 15) is 14.4 Å². The average Bonchev–Trinajstić information content (AvgIpc) is 3.37. The number of hydrogen-bond acceptors (Lipinski definition) is 5. The number of nitrogens with one attached hydrogen (secondary N) is 3. The summed E-state index contributed by atoms with van der Waals surface area (Å²) in [6.07, 6.45) is 5.15. The van der Waals surface area contributed by atoms with E-state index in [4.69, 9.17) is 4.74 Å². The molecule has 0 radical (unpaired) electrons. The molecule has 4 rings (SSSR count). The summed E-state index contributed by atoms with van der Waals surface area (Å²) in [5.41, 5.74) is 2.64.